The number of rotatable bonds is 7. The summed E-state index contributed by atoms with van der Waals surface area (Å²) in [5, 5.41) is 2.94. The van der Waals surface area contributed by atoms with Crippen LogP contribution in [-0.4, -0.2) is 39.6 Å². The Hall–Kier alpha value is -1.95. The number of hydrogen-bond acceptors (Lipinski definition) is 5. The Kier molecular flexibility index (Phi) is 6.32. The number of halogens is 1. The van der Waals surface area contributed by atoms with E-state index in [2.05, 4.69) is 5.32 Å². The fraction of sp³-hybridized carbons (Fsp3) is 0.636. The van der Waals surface area contributed by atoms with Gasteiger partial charge >= 0.3 is 0 Å². The molecular formula is C22H30ClNO5. The molecule has 0 saturated heterocycles. The van der Waals surface area contributed by atoms with Gasteiger partial charge < -0.3 is 19.5 Å². The first-order chi connectivity index (χ1) is 13.5. The predicted octanol–water partition coefficient (Wildman–Crippen LogP) is 3.65. The summed E-state index contributed by atoms with van der Waals surface area (Å²) in [4.78, 5) is 25.8. The number of methoxy groups -OCH3 is 3. The van der Waals surface area contributed by atoms with Crippen molar-refractivity contribution in [3.63, 3.8) is 0 Å². The first-order valence-corrected chi connectivity index (χ1v) is 10.1. The van der Waals surface area contributed by atoms with E-state index in [-0.39, 0.29) is 36.1 Å². The molecule has 0 atom stereocenters. The molecule has 0 aliphatic heterocycles. The molecular weight excluding hydrogens is 394 g/mol. The quantitative estimate of drug-likeness (QED) is 0.677. The van der Waals surface area contributed by atoms with Crippen molar-refractivity contribution in [3.8, 4) is 17.2 Å². The second kappa shape index (κ2) is 8.42. The lowest BCUT2D eigenvalue weighted by Crippen LogP contribution is -2.54. The number of carbonyl (C=O) groups is 2. The average molecular weight is 424 g/mol. The maximum absolute atomic E-state index is 13.0. The van der Waals surface area contributed by atoms with Crippen LogP contribution in [0.1, 0.15) is 48.9 Å². The summed E-state index contributed by atoms with van der Waals surface area (Å²) in [5.74, 6) is 3.28. The fourth-order valence-corrected chi connectivity index (χ4v) is 6.08. The lowest BCUT2D eigenvalue weighted by Gasteiger charge is -2.55. The molecule has 6 nitrogen and oxygen atoms in total. The fourth-order valence-electron chi connectivity index (χ4n) is 6.08. The van der Waals surface area contributed by atoms with E-state index in [1.807, 2.05) is 0 Å². The Labute approximate surface area is 178 Å². The van der Waals surface area contributed by atoms with Crippen molar-refractivity contribution >= 4 is 24.1 Å². The minimum absolute atomic E-state index is 0. The van der Waals surface area contributed by atoms with Crippen molar-refractivity contribution < 1.29 is 23.8 Å². The molecule has 0 heterocycles. The van der Waals surface area contributed by atoms with Gasteiger partial charge in [0.1, 0.15) is 0 Å². The summed E-state index contributed by atoms with van der Waals surface area (Å²) in [6.45, 7) is -0.0147. The Balaban J connectivity index is 0.00000240. The molecule has 1 N–H and O–H groups in total. The van der Waals surface area contributed by atoms with Crippen LogP contribution in [0.2, 0.25) is 0 Å². The molecule has 4 aliphatic carbocycles. The molecule has 0 unspecified atom stereocenters. The van der Waals surface area contributed by atoms with Crippen molar-refractivity contribution in [1.82, 2.24) is 5.32 Å². The van der Waals surface area contributed by atoms with E-state index < -0.39 is 0 Å². The maximum Gasteiger partial charge on any atom is 0.226 e. The average Bonchev–Trinajstić information content (AvgIpc) is 2.69. The summed E-state index contributed by atoms with van der Waals surface area (Å²) >= 11 is 0. The second-order valence-electron chi connectivity index (χ2n) is 8.72. The van der Waals surface area contributed by atoms with Crippen molar-refractivity contribution in [3.05, 3.63) is 17.7 Å². The van der Waals surface area contributed by atoms with Crippen LogP contribution in [0.4, 0.5) is 0 Å². The van der Waals surface area contributed by atoms with Gasteiger partial charge in [-0.3, -0.25) is 9.59 Å². The van der Waals surface area contributed by atoms with Crippen LogP contribution < -0.4 is 19.5 Å². The van der Waals surface area contributed by atoms with Gasteiger partial charge in [0.25, 0.3) is 0 Å². The van der Waals surface area contributed by atoms with Gasteiger partial charge in [0.2, 0.25) is 11.7 Å². The number of Topliss-reactive ketones (excluding diaryl/α,β-unsaturated/α-hetero) is 1. The van der Waals surface area contributed by atoms with Gasteiger partial charge in [0, 0.05) is 11.0 Å². The molecule has 0 aromatic heterocycles. The Morgan fingerprint density at radius 1 is 0.931 bits per heavy atom. The van der Waals surface area contributed by atoms with Crippen LogP contribution in [0, 0.1) is 23.2 Å². The van der Waals surface area contributed by atoms with Crippen LogP contribution in [0.5, 0.6) is 17.2 Å². The summed E-state index contributed by atoms with van der Waals surface area (Å²) in [5.41, 5.74) is 0.185. The highest BCUT2D eigenvalue weighted by Crippen LogP contribution is 2.60. The van der Waals surface area contributed by atoms with Crippen LogP contribution in [-0.2, 0) is 4.79 Å². The van der Waals surface area contributed by atoms with E-state index >= 15 is 0 Å². The minimum Gasteiger partial charge on any atom is -0.493 e. The third-order valence-corrected chi connectivity index (χ3v) is 6.92. The van der Waals surface area contributed by atoms with E-state index in [1.54, 1.807) is 12.1 Å². The van der Waals surface area contributed by atoms with Gasteiger partial charge in [-0.15, -0.1) is 12.4 Å². The Morgan fingerprint density at radius 3 is 1.83 bits per heavy atom. The molecule has 1 aromatic rings. The molecule has 4 bridgehead atoms. The number of benzene rings is 1. The number of ether oxygens (including phenoxy) is 3. The highest BCUT2D eigenvalue weighted by atomic mass is 35.5. The van der Waals surface area contributed by atoms with E-state index in [4.69, 9.17) is 14.2 Å². The van der Waals surface area contributed by atoms with Crippen molar-refractivity contribution in [1.29, 1.82) is 0 Å². The maximum atomic E-state index is 13.0. The molecule has 4 aliphatic rings. The van der Waals surface area contributed by atoms with Crippen LogP contribution >= 0.6 is 12.4 Å². The number of hydrogen-bond donors (Lipinski definition) is 1. The molecule has 0 spiro atoms. The summed E-state index contributed by atoms with van der Waals surface area (Å²) in [7, 11) is 4.55. The topological polar surface area (TPSA) is 73.9 Å². The molecule has 0 radical (unpaired) electrons. The summed E-state index contributed by atoms with van der Waals surface area (Å²) in [6.07, 6.45) is 6.83. The third-order valence-electron chi connectivity index (χ3n) is 6.92. The van der Waals surface area contributed by atoms with Crippen LogP contribution in [0.15, 0.2) is 12.1 Å². The summed E-state index contributed by atoms with van der Waals surface area (Å²) < 4.78 is 15.9. The molecule has 7 heteroatoms. The van der Waals surface area contributed by atoms with E-state index in [1.165, 1.54) is 40.6 Å². The van der Waals surface area contributed by atoms with Crippen LogP contribution in [0.25, 0.3) is 0 Å². The zero-order valence-electron chi connectivity index (χ0n) is 17.3. The Morgan fingerprint density at radius 2 is 1.41 bits per heavy atom. The largest absolute Gasteiger partial charge is 0.493 e. The third kappa shape index (κ3) is 3.91. The van der Waals surface area contributed by atoms with Gasteiger partial charge in [-0.2, -0.15) is 0 Å². The minimum atomic E-state index is -0.246. The molecule has 1 aromatic carbocycles. The summed E-state index contributed by atoms with van der Waals surface area (Å²) in [6, 6.07) is 3.25. The second-order valence-corrected chi connectivity index (χ2v) is 8.72. The number of ketones is 1. The van der Waals surface area contributed by atoms with E-state index in [0.717, 1.165) is 19.3 Å². The number of amides is 1. The van der Waals surface area contributed by atoms with Crippen molar-refractivity contribution in [2.45, 2.75) is 38.5 Å². The monoisotopic (exact) mass is 423 g/mol. The van der Waals surface area contributed by atoms with E-state index in [9.17, 15) is 9.59 Å². The lowest BCUT2D eigenvalue weighted by molar-refractivity contribution is -0.146. The lowest BCUT2D eigenvalue weighted by atomic mass is 9.49. The van der Waals surface area contributed by atoms with Crippen LogP contribution in [0.3, 0.4) is 0 Å². The van der Waals surface area contributed by atoms with Gasteiger partial charge in [0.05, 0.1) is 27.9 Å². The first-order valence-electron chi connectivity index (χ1n) is 10.1. The zero-order valence-corrected chi connectivity index (χ0v) is 18.1. The smallest absolute Gasteiger partial charge is 0.226 e. The molecule has 5 rings (SSSR count). The number of nitrogens with one attached hydrogen (secondary N) is 1. The molecule has 1 amide bonds. The molecule has 4 fully saturated rings. The van der Waals surface area contributed by atoms with Crippen molar-refractivity contribution in [2.75, 3.05) is 27.9 Å². The van der Waals surface area contributed by atoms with Gasteiger partial charge in [-0.25, -0.2) is 0 Å². The molecule has 29 heavy (non-hydrogen) atoms. The SMILES string of the molecule is COc1cc(C(=O)CNC(=O)C23CC4CC(CC(C4)C2)C3)cc(OC)c1OC.Cl. The van der Waals surface area contributed by atoms with Crippen molar-refractivity contribution in [2.24, 2.45) is 23.2 Å². The number of carbonyl (C=O) groups excluding carboxylic acids is 2. The first kappa shape index (κ1) is 21.8. The van der Waals surface area contributed by atoms with Gasteiger partial charge in [-0.1, -0.05) is 0 Å². The zero-order chi connectivity index (χ0) is 19.9. The molecule has 160 valence electrons. The van der Waals surface area contributed by atoms with Gasteiger partial charge in [-0.05, 0) is 68.4 Å². The standard InChI is InChI=1S/C22H29NO5.ClH/c1-26-18-7-16(8-19(27-2)20(18)28-3)17(24)12-23-21(25)22-9-13-4-14(10-22)6-15(5-13)11-22;/h7-8,13-15H,4-6,9-12H2,1-3H3,(H,23,25);1H. The highest BCUT2D eigenvalue weighted by Gasteiger charge is 2.54. The normalized spacial score (nSPS) is 29.0. The molecule has 4 saturated carbocycles. The van der Waals surface area contributed by atoms with Gasteiger partial charge in [0.15, 0.2) is 17.3 Å². The predicted molar refractivity (Wildman–Crippen MR) is 111 cm³/mol. The van der Waals surface area contributed by atoms with E-state index in [0.29, 0.717) is 40.6 Å². The highest BCUT2D eigenvalue weighted by molar-refractivity contribution is 6.01. The Bertz CT molecular complexity index is 733.